The number of likely N-dealkylation sites (N-methyl/N-ethyl adjacent to an activating group) is 1. The van der Waals surface area contributed by atoms with Crippen LogP contribution in [-0.2, 0) is 11.2 Å². The van der Waals surface area contributed by atoms with E-state index in [1.54, 1.807) is 6.92 Å². The second kappa shape index (κ2) is 5.99. The summed E-state index contributed by atoms with van der Waals surface area (Å²) in [6.07, 6.45) is 2.33. The van der Waals surface area contributed by atoms with Crippen LogP contribution >= 0.6 is 0 Å². The van der Waals surface area contributed by atoms with Crippen molar-refractivity contribution in [1.82, 2.24) is 10.2 Å². The first kappa shape index (κ1) is 15.1. The first-order chi connectivity index (χ1) is 9.92. The molecule has 1 aromatic rings. The maximum atomic E-state index is 12.1. The van der Waals surface area contributed by atoms with Crippen molar-refractivity contribution in [3.8, 4) is 0 Å². The molecule has 0 atom stereocenters. The smallest absolute Gasteiger partial charge is 0.339 e. The van der Waals surface area contributed by atoms with Crippen molar-refractivity contribution < 1.29 is 23.9 Å². The minimum absolute atomic E-state index is 0.0170. The van der Waals surface area contributed by atoms with E-state index in [2.05, 4.69) is 5.32 Å². The summed E-state index contributed by atoms with van der Waals surface area (Å²) in [4.78, 5) is 36.0. The Hall–Kier alpha value is -2.31. The van der Waals surface area contributed by atoms with Gasteiger partial charge in [-0.05, 0) is 12.8 Å². The number of hydrogen-bond acceptors (Lipinski definition) is 4. The minimum atomic E-state index is -1.14. The quantitative estimate of drug-likeness (QED) is 0.811. The van der Waals surface area contributed by atoms with Gasteiger partial charge in [-0.25, -0.2) is 4.79 Å². The highest BCUT2D eigenvalue weighted by Crippen LogP contribution is 2.19. The van der Waals surface area contributed by atoms with Gasteiger partial charge in [0.05, 0.1) is 6.54 Å². The Bertz CT molecular complexity index is 574. The van der Waals surface area contributed by atoms with Crippen molar-refractivity contribution in [2.24, 2.45) is 0 Å². The predicted octanol–water partition coefficient (Wildman–Crippen LogP) is 0.891. The molecule has 0 spiro atoms. The van der Waals surface area contributed by atoms with Gasteiger partial charge in [-0.15, -0.1) is 0 Å². The van der Waals surface area contributed by atoms with E-state index in [9.17, 15) is 14.4 Å². The Morgan fingerprint density at radius 1 is 1.43 bits per heavy atom. The van der Waals surface area contributed by atoms with Crippen molar-refractivity contribution in [3.63, 3.8) is 0 Å². The van der Waals surface area contributed by atoms with E-state index in [0.717, 1.165) is 12.8 Å². The molecule has 0 saturated heterocycles. The summed E-state index contributed by atoms with van der Waals surface area (Å²) in [5, 5.41) is 11.8. The number of carbonyl (C=O) groups is 3. The van der Waals surface area contributed by atoms with Crippen LogP contribution in [0.5, 0.6) is 0 Å². The highest BCUT2D eigenvalue weighted by atomic mass is 16.4. The topological polar surface area (TPSA) is 99.9 Å². The molecule has 2 N–H and O–H groups in total. The molecule has 2 rings (SSSR count). The number of aryl methyl sites for hydroxylation is 1. The molecule has 114 valence electrons. The molecule has 1 heterocycles. The van der Waals surface area contributed by atoms with Gasteiger partial charge in [0.15, 0.2) is 5.76 Å². The first-order valence-corrected chi connectivity index (χ1v) is 6.83. The summed E-state index contributed by atoms with van der Waals surface area (Å²) in [6, 6.07) is 1.44. The largest absolute Gasteiger partial charge is 0.478 e. The molecule has 2 amide bonds. The standard InChI is InChI=1S/C14H18N2O5/c1-3-10-9(14(19)20)6-11(21-10)13(18)16(2)7-12(17)15-8-4-5-8/h6,8H,3-5,7H2,1-2H3,(H,15,17)(H,19,20). The molecule has 0 radical (unpaired) electrons. The van der Waals surface area contributed by atoms with Crippen LogP contribution < -0.4 is 5.32 Å². The molecule has 7 heteroatoms. The zero-order chi connectivity index (χ0) is 15.6. The van der Waals surface area contributed by atoms with Gasteiger partial charge in [0.2, 0.25) is 5.91 Å². The number of nitrogens with one attached hydrogen (secondary N) is 1. The molecule has 21 heavy (non-hydrogen) atoms. The maximum Gasteiger partial charge on any atom is 0.339 e. The predicted molar refractivity (Wildman–Crippen MR) is 73.2 cm³/mol. The number of amides is 2. The summed E-state index contributed by atoms with van der Waals surface area (Å²) >= 11 is 0. The third kappa shape index (κ3) is 3.62. The fraction of sp³-hybridized carbons (Fsp3) is 0.500. The van der Waals surface area contributed by atoms with E-state index in [-0.39, 0.29) is 35.6 Å². The second-order valence-corrected chi connectivity index (χ2v) is 5.11. The fourth-order valence-corrected chi connectivity index (χ4v) is 1.95. The molecule has 1 aliphatic rings. The van der Waals surface area contributed by atoms with E-state index in [1.165, 1.54) is 18.0 Å². The van der Waals surface area contributed by atoms with Gasteiger partial charge < -0.3 is 19.7 Å². The van der Waals surface area contributed by atoms with Crippen LogP contribution in [0.15, 0.2) is 10.5 Å². The van der Waals surface area contributed by atoms with Gasteiger partial charge >= 0.3 is 5.97 Å². The van der Waals surface area contributed by atoms with Crippen molar-refractivity contribution in [2.45, 2.75) is 32.2 Å². The Labute approximate surface area is 121 Å². The van der Waals surface area contributed by atoms with Crippen molar-refractivity contribution in [3.05, 3.63) is 23.2 Å². The number of hydrogen-bond donors (Lipinski definition) is 2. The van der Waals surface area contributed by atoms with E-state index in [1.807, 2.05) is 0 Å². The van der Waals surface area contributed by atoms with Gasteiger partial charge in [-0.3, -0.25) is 9.59 Å². The van der Waals surface area contributed by atoms with Crippen LogP contribution in [0.4, 0.5) is 0 Å². The van der Waals surface area contributed by atoms with Gasteiger partial charge in [0.1, 0.15) is 11.3 Å². The van der Waals surface area contributed by atoms with Gasteiger partial charge in [0.25, 0.3) is 5.91 Å². The molecule has 7 nitrogen and oxygen atoms in total. The zero-order valence-corrected chi connectivity index (χ0v) is 12.0. The summed E-state index contributed by atoms with van der Waals surface area (Å²) in [7, 11) is 1.48. The average Bonchev–Trinajstić information content (AvgIpc) is 3.12. The Kier molecular flexibility index (Phi) is 4.30. The zero-order valence-electron chi connectivity index (χ0n) is 12.0. The van der Waals surface area contributed by atoms with Crippen LogP contribution in [0, 0.1) is 0 Å². The lowest BCUT2D eigenvalue weighted by Crippen LogP contribution is -2.39. The average molecular weight is 294 g/mol. The monoisotopic (exact) mass is 294 g/mol. The van der Waals surface area contributed by atoms with Gasteiger partial charge in [-0.1, -0.05) is 6.92 Å². The highest BCUT2D eigenvalue weighted by molar-refractivity contribution is 5.97. The molecule has 0 bridgehead atoms. The molecular formula is C14H18N2O5. The van der Waals surface area contributed by atoms with Crippen molar-refractivity contribution in [2.75, 3.05) is 13.6 Å². The second-order valence-electron chi connectivity index (χ2n) is 5.11. The maximum absolute atomic E-state index is 12.1. The van der Waals surface area contributed by atoms with E-state index in [4.69, 9.17) is 9.52 Å². The third-order valence-corrected chi connectivity index (χ3v) is 3.24. The SMILES string of the molecule is CCc1oc(C(=O)N(C)CC(=O)NC2CC2)cc1C(=O)O. The number of furan rings is 1. The lowest BCUT2D eigenvalue weighted by Gasteiger charge is -2.15. The van der Waals surface area contributed by atoms with E-state index < -0.39 is 11.9 Å². The first-order valence-electron chi connectivity index (χ1n) is 6.83. The number of carboxylic acids is 1. The van der Waals surface area contributed by atoms with Crippen LogP contribution in [0.2, 0.25) is 0 Å². The van der Waals surface area contributed by atoms with E-state index >= 15 is 0 Å². The minimum Gasteiger partial charge on any atom is -0.478 e. The molecular weight excluding hydrogens is 276 g/mol. The van der Waals surface area contributed by atoms with Crippen molar-refractivity contribution >= 4 is 17.8 Å². The molecule has 1 aliphatic carbocycles. The Morgan fingerprint density at radius 3 is 2.57 bits per heavy atom. The summed E-state index contributed by atoms with van der Waals surface area (Å²) in [6.45, 7) is 1.66. The molecule has 1 aromatic heterocycles. The normalized spacial score (nSPS) is 13.8. The molecule has 0 unspecified atom stereocenters. The highest BCUT2D eigenvalue weighted by Gasteiger charge is 2.26. The molecule has 1 fully saturated rings. The van der Waals surface area contributed by atoms with Crippen LogP contribution in [0.3, 0.4) is 0 Å². The number of carboxylic acid groups (broad SMARTS) is 1. The number of rotatable bonds is 6. The van der Waals surface area contributed by atoms with Crippen LogP contribution in [0.25, 0.3) is 0 Å². The lowest BCUT2D eigenvalue weighted by atomic mass is 10.2. The van der Waals surface area contributed by atoms with E-state index in [0.29, 0.717) is 6.42 Å². The number of aromatic carboxylic acids is 1. The van der Waals surface area contributed by atoms with Gasteiger partial charge in [0, 0.05) is 25.6 Å². The number of nitrogens with zero attached hydrogens (tertiary/aromatic N) is 1. The molecule has 1 saturated carbocycles. The molecule has 0 aromatic carbocycles. The third-order valence-electron chi connectivity index (χ3n) is 3.24. The summed E-state index contributed by atoms with van der Waals surface area (Å²) in [5.41, 5.74) is -0.0170. The Balaban J connectivity index is 2.04. The van der Waals surface area contributed by atoms with Crippen molar-refractivity contribution in [1.29, 1.82) is 0 Å². The van der Waals surface area contributed by atoms with Crippen LogP contribution in [-0.4, -0.2) is 47.4 Å². The Morgan fingerprint density at radius 2 is 2.10 bits per heavy atom. The van der Waals surface area contributed by atoms with Crippen LogP contribution in [0.1, 0.15) is 46.4 Å². The fourth-order valence-electron chi connectivity index (χ4n) is 1.95. The lowest BCUT2D eigenvalue weighted by molar-refractivity contribution is -0.121. The summed E-state index contributed by atoms with van der Waals surface area (Å²) in [5.74, 6) is -1.69. The number of carbonyl (C=O) groups excluding carboxylic acids is 2. The summed E-state index contributed by atoms with van der Waals surface area (Å²) < 4.78 is 5.28. The molecule has 0 aliphatic heterocycles. The van der Waals surface area contributed by atoms with Gasteiger partial charge in [-0.2, -0.15) is 0 Å².